The Morgan fingerprint density at radius 3 is 2.32 bits per heavy atom. The topological polar surface area (TPSA) is 96.0 Å². The molecule has 1 unspecified atom stereocenters. The van der Waals surface area contributed by atoms with Crippen molar-refractivity contribution in [2.24, 2.45) is 0 Å². The molecule has 2 rings (SSSR count). The minimum atomic E-state index is -3.65. The number of nitrogens with zero attached hydrogens (tertiary/aromatic N) is 2. The summed E-state index contributed by atoms with van der Waals surface area (Å²) in [7, 11) is -3.65. The minimum absolute atomic E-state index is 0.0251. The van der Waals surface area contributed by atoms with Crippen molar-refractivity contribution in [1.82, 2.24) is 10.2 Å². The van der Waals surface area contributed by atoms with Crippen LogP contribution in [0, 0.1) is 0 Å². The lowest BCUT2D eigenvalue weighted by Gasteiger charge is -2.32. The van der Waals surface area contributed by atoms with E-state index in [1.807, 2.05) is 27.7 Å². The third-order valence-corrected chi connectivity index (χ3v) is 7.51. The fraction of sp³-hybridized carbons (Fsp3) is 0.481. The monoisotopic (exact) mass is 585 g/mol. The highest BCUT2D eigenvalue weighted by atomic mass is 35.5. The molecule has 0 saturated heterocycles. The van der Waals surface area contributed by atoms with Crippen LogP contribution in [0.15, 0.2) is 42.5 Å². The average molecular weight is 587 g/mol. The van der Waals surface area contributed by atoms with Crippen molar-refractivity contribution in [1.29, 1.82) is 0 Å². The van der Waals surface area contributed by atoms with Crippen LogP contribution in [0.3, 0.4) is 0 Å². The normalized spacial score (nSPS) is 12.5. The standard InChI is InChI=1S/C27H37Cl2N3O5S/c1-7-37-24-12-9-8-11-23(24)32(38(6,35)36)16-10-13-25(33)31(19(2)26(34)30-27(3,4)5)18-20-14-15-21(28)22(29)17-20/h8-9,11-12,14-15,17,19H,7,10,13,16,18H2,1-6H3,(H,30,34). The summed E-state index contributed by atoms with van der Waals surface area (Å²) in [4.78, 5) is 27.9. The van der Waals surface area contributed by atoms with Gasteiger partial charge in [-0.05, 0) is 70.9 Å². The van der Waals surface area contributed by atoms with E-state index in [1.54, 1.807) is 49.4 Å². The summed E-state index contributed by atoms with van der Waals surface area (Å²) in [6, 6.07) is 11.1. The number of nitrogens with one attached hydrogen (secondary N) is 1. The number of hydrogen-bond donors (Lipinski definition) is 1. The highest BCUT2D eigenvalue weighted by Crippen LogP contribution is 2.30. The van der Waals surface area contributed by atoms with E-state index in [0.29, 0.717) is 33.7 Å². The van der Waals surface area contributed by atoms with Gasteiger partial charge in [0.2, 0.25) is 21.8 Å². The van der Waals surface area contributed by atoms with Gasteiger partial charge >= 0.3 is 0 Å². The van der Waals surface area contributed by atoms with E-state index in [1.165, 1.54) is 9.21 Å². The highest BCUT2D eigenvalue weighted by Gasteiger charge is 2.29. The number of para-hydroxylation sites is 2. The van der Waals surface area contributed by atoms with Crippen molar-refractivity contribution in [2.45, 2.75) is 65.6 Å². The predicted octanol–water partition coefficient (Wildman–Crippen LogP) is 5.27. The fourth-order valence-electron chi connectivity index (χ4n) is 3.81. The summed E-state index contributed by atoms with van der Waals surface area (Å²) in [6.07, 6.45) is 1.38. The van der Waals surface area contributed by atoms with E-state index in [2.05, 4.69) is 5.32 Å². The number of rotatable bonds is 12. The molecule has 0 spiro atoms. The zero-order chi connectivity index (χ0) is 28.7. The fourth-order valence-corrected chi connectivity index (χ4v) is 5.10. The van der Waals surface area contributed by atoms with Crippen LogP contribution in [0.4, 0.5) is 5.69 Å². The van der Waals surface area contributed by atoms with Crippen LogP contribution in [-0.2, 0) is 26.2 Å². The van der Waals surface area contributed by atoms with Crippen molar-refractivity contribution in [2.75, 3.05) is 23.7 Å². The predicted molar refractivity (Wildman–Crippen MR) is 153 cm³/mol. The van der Waals surface area contributed by atoms with Crippen molar-refractivity contribution >= 4 is 50.7 Å². The van der Waals surface area contributed by atoms with Gasteiger partial charge in [0.15, 0.2) is 0 Å². The van der Waals surface area contributed by atoms with E-state index in [0.717, 1.165) is 6.26 Å². The van der Waals surface area contributed by atoms with Crippen LogP contribution in [0.1, 0.15) is 53.0 Å². The van der Waals surface area contributed by atoms with Gasteiger partial charge in [-0.15, -0.1) is 0 Å². The third-order valence-electron chi connectivity index (χ3n) is 5.59. The summed E-state index contributed by atoms with van der Waals surface area (Å²) in [6.45, 7) is 9.66. The maximum absolute atomic E-state index is 13.4. The second kappa shape index (κ2) is 13.5. The molecule has 0 fully saturated rings. The Kier molecular flexibility index (Phi) is 11.3. The first-order chi connectivity index (χ1) is 17.6. The van der Waals surface area contributed by atoms with Crippen LogP contribution >= 0.6 is 23.2 Å². The molecule has 8 nitrogen and oxygen atoms in total. The number of anilines is 1. The summed E-state index contributed by atoms with van der Waals surface area (Å²) in [5.74, 6) is -0.144. The number of benzene rings is 2. The smallest absolute Gasteiger partial charge is 0.242 e. The summed E-state index contributed by atoms with van der Waals surface area (Å²) >= 11 is 12.2. The van der Waals surface area contributed by atoms with Gasteiger partial charge < -0.3 is 15.0 Å². The first kappa shape index (κ1) is 31.7. The molecule has 0 aliphatic carbocycles. The van der Waals surface area contributed by atoms with Crippen molar-refractivity contribution in [3.63, 3.8) is 0 Å². The molecular weight excluding hydrogens is 549 g/mol. The SMILES string of the molecule is CCOc1ccccc1N(CCCC(=O)N(Cc1ccc(Cl)c(Cl)c1)C(C)C(=O)NC(C)(C)C)S(C)(=O)=O. The maximum Gasteiger partial charge on any atom is 0.242 e. The molecule has 0 saturated carbocycles. The summed E-state index contributed by atoms with van der Waals surface area (Å²) < 4.78 is 32.1. The zero-order valence-electron chi connectivity index (χ0n) is 22.8. The second-order valence-electron chi connectivity index (χ2n) is 10.0. The van der Waals surface area contributed by atoms with E-state index in [-0.39, 0.29) is 37.7 Å². The van der Waals surface area contributed by atoms with Gasteiger partial charge in [0, 0.05) is 25.0 Å². The number of sulfonamides is 1. The average Bonchev–Trinajstić information content (AvgIpc) is 2.81. The molecule has 210 valence electrons. The number of amides is 2. The molecule has 0 bridgehead atoms. The Morgan fingerprint density at radius 2 is 1.74 bits per heavy atom. The molecule has 0 aliphatic heterocycles. The minimum Gasteiger partial charge on any atom is -0.492 e. The highest BCUT2D eigenvalue weighted by molar-refractivity contribution is 7.92. The summed E-state index contributed by atoms with van der Waals surface area (Å²) in [5, 5.41) is 3.65. The summed E-state index contributed by atoms with van der Waals surface area (Å²) in [5.41, 5.74) is 0.648. The zero-order valence-corrected chi connectivity index (χ0v) is 25.1. The van der Waals surface area contributed by atoms with Crippen LogP contribution in [0.2, 0.25) is 10.0 Å². The van der Waals surface area contributed by atoms with E-state index >= 15 is 0 Å². The Balaban J connectivity index is 2.25. The van der Waals surface area contributed by atoms with Gasteiger partial charge in [-0.3, -0.25) is 13.9 Å². The molecule has 11 heteroatoms. The Morgan fingerprint density at radius 1 is 1.08 bits per heavy atom. The van der Waals surface area contributed by atoms with Crippen molar-refractivity contribution in [3.05, 3.63) is 58.1 Å². The molecule has 0 radical (unpaired) electrons. The van der Waals surface area contributed by atoms with E-state index in [9.17, 15) is 18.0 Å². The van der Waals surface area contributed by atoms with Crippen LogP contribution in [0.5, 0.6) is 5.75 Å². The molecule has 2 aromatic rings. The van der Waals surface area contributed by atoms with Crippen LogP contribution < -0.4 is 14.4 Å². The molecule has 38 heavy (non-hydrogen) atoms. The van der Waals surface area contributed by atoms with E-state index in [4.69, 9.17) is 27.9 Å². The quantitative estimate of drug-likeness (QED) is 0.366. The van der Waals surface area contributed by atoms with Crippen molar-refractivity contribution < 1.29 is 22.7 Å². The number of halogens is 2. The molecule has 2 amide bonds. The van der Waals surface area contributed by atoms with Gasteiger partial charge in [-0.25, -0.2) is 8.42 Å². The van der Waals surface area contributed by atoms with Gasteiger partial charge in [0.25, 0.3) is 0 Å². The number of carbonyl (C=O) groups excluding carboxylic acids is 2. The lowest BCUT2D eigenvalue weighted by Crippen LogP contribution is -2.52. The van der Waals surface area contributed by atoms with E-state index < -0.39 is 21.6 Å². The molecule has 0 aromatic heterocycles. The van der Waals surface area contributed by atoms with Gasteiger partial charge in [0.1, 0.15) is 11.8 Å². The Hall–Kier alpha value is -2.49. The lowest BCUT2D eigenvalue weighted by molar-refractivity contribution is -0.141. The molecular formula is C27H37Cl2N3O5S. The molecule has 1 atom stereocenters. The molecule has 0 aliphatic rings. The Labute approximate surface area is 236 Å². The number of hydrogen-bond acceptors (Lipinski definition) is 5. The first-order valence-corrected chi connectivity index (χ1v) is 15.0. The van der Waals surface area contributed by atoms with Gasteiger partial charge in [-0.2, -0.15) is 0 Å². The Bertz CT molecular complexity index is 1230. The molecule has 0 heterocycles. The maximum atomic E-state index is 13.4. The van der Waals surface area contributed by atoms with Crippen LogP contribution in [0.25, 0.3) is 0 Å². The first-order valence-electron chi connectivity index (χ1n) is 12.4. The van der Waals surface area contributed by atoms with Crippen molar-refractivity contribution in [3.8, 4) is 5.75 Å². The largest absolute Gasteiger partial charge is 0.492 e. The number of carbonyl (C=O) groups is 2. The molecule has 2 aromatic carbocycles. The number of ether oxygens (including phenoxy) is 1. The van der Waals surface area contributed by atoms with Crippen LogP contribution in [-0.4, -0.2) is 56.1 Å². The van der Waals surface area contributed by atoms with Gasteiger partial charge in [-0.1, -0.05) is 41.4 Å². The lowest BCUT2D eigenvalue weighted by atomic mass is 10.1. The molecule has 1 N–H and O–H groups in total. The van der Waals surface area contributed by atoms with Gasteiger partial charge in [0.05, 0.1) is 28.6 Å². The second-order valence-corrected chi connectivity index (χ2v) is 12.7. The third kappa shape index (κ3) is 9.36.